The lowest BCUT2D eigenvalue weighted by molar-refractivity contribution is 0.169. The molecule has 0 aliphatic carbocycles. The molecule has 1 aliphatic rings. The van der Waals surface area contributed by atoms with Gasteiger partial charge in [-0.3, -0.25) is 4.90 Å². The predicted molar refractivity (Wildman–Crippen MR) is 128 cm³/mol. The number of rotatable bonds is 7. The number of hydrogen-bond donors (Lipinski definition) is 2. The average molecular weight is 471 g/mol. The van der Waals surface area contributed by atoms with Crippen molar-refractivity contribution in [2.75, 3.05) is 19.6 Å². The van der Waals surface area contributed by atoms with Gasteiger partial charge in [-0.05, 0) is 68.0 Å². The van der Waals surface area contributed by atoms with Crippen LogP contribution in [0.1, 0.15) is 36.5 Å². The first kappa shape index (κ1) is 23.5. The summed E-state index contributed by atoms with van der Waals surface area (Å²) >= 11 is 0. The summed E-state index contributed by atoms with van der Waals surface area (Å²) in [5, 5.41) is 11.0. The van der Waals surface area contributed by atoms with Gasteiger partial charge in [0.2, 0.25) is 10.0 Å². The van der Waals surface area contributed by atoms with Crippen molar-refractivity contribution in [1.29, 1.82) is 0 Å². The molecule has 4 rings (SSSR count). The molecule has 1 fully saturated rings. The summed E-state index contributed by atoms with van der Waals surface area (Å²) in [6.45, 7) is 6.44. The average Bonchev–Trinajstić information content (AvgIpc) is 2.78. The third-order valence-electron chi connectivity index (χ3n) is 6.30. The monoisotopic (exact) mass is 470 g/mol. The van der Waals surface area contributed by atoms with Crippen LogP contribution in [-0.2, 0) is 23.0 Å². The molecule has 7 nitrogen and oxygen atoms in total. The minimum absolute atomic E-state index is 0.129. The quantitative estimate of drug-likeness (QED) is 0.512. The van der Waals surface area contributed by atoms with E-state index in [0.29, 0.717) is 25.1 Å². The van der Waals surface area contributed by atoms with E-state index < -0.39 is 15.6 Å². The van der Waals surface area contributed by atoms with Gasteiger partial charge in [0.15, 0.2) is 0 Å². The van der Waals surface area contributed by atoms with E-state index in [1.165, 1.54) is 12.1 Å². The van der Waals surface area contributed by atoms with Gasteiger partial charge in [0, 0.05) is 37.2 Å². The topological polar surface area (TPSA) is 99.9 Å². The van der Waals surface area contributed by atoms with Gasteiger partial charge in [0.25, 0.3) is 0 Å². The maximum absolute atomic E-state index is 12.6. The van der Waals surface area contributed by atoms with E-state index in [0.717, 1.165) is 48.0 Å². The number of phenols is 1. The minimum atomic E-state index is -3.54. The highest BCUT2D eigenvalue weighted by molar-refractivity contribution is 7.89. The summed E-state index contributed by atoms with van der Waals surface area (Å²) in [7, 11) is -3.54. The number of nitrogens with one attached hydrogen (secondary N) is 1. The van der Waals surface area contributed by atoms with Crippen LogP contribution in [0.2, 0.25) is 0 Å². The molecule has 2 aromatic carbocycles. The Morgan fingerprint density at radius 2 is 1.91 bits per heavy atom. The van der Waals surface area contributed by atoms with Crippen LogP contribution in [-0.4, -0.2) is 38.1 Å². The highest BCUT2D eigenvalue weighted by Crippen LogP contribution is 2.28. The van der Waals surface area contributed by atoms with Gasteiger partial charge >= 0.3 is 5.63 Å². The summed E-state index contributed by atoms with van der Waals surface area (Å²) in [5.41, 5.74) is 2.62. The molecular weight excluding hydrogens is 440 g/mol. The molecule has 0 amide bonds. The van der Waals surface area contributed by atoms with Gasteiger partial charge in [0.05, 0.1) is 4.90 Å². The summed E-state index contributed by atoms with van der Waals surface area (Å²) in [6.07, 6.45) is 2.57. The molecule has 1 aliphatic heterocycles. The Morgan fingerprint density at radius 3 is 2.64 bits per heavy atom. The van der Waals surface area contributed by atoms with E-state index in [9.17, 15) is 18.3 Å². The lowest BCUT2D eigenvalue weighted by Gasteiger charge is -2.33. The van der Waals surface area contributed by atoms with Crippen LogP contribution in [0.4, 0.5) is 0 Å². The van der Waals surface area contributed by atoms with E-state index in [1.807, 2.05) is 19.9 Å². The number of hydrogen-bond acceptors (Lipinski definition) is 6. The second-order valence-corrected chi connectivity index (χ2v) is 10.6. The van der Waals surface area contributed by atoms with Crippen LogP contribution in [0.3, 0.4) is 0 Å². The Labute approximate surface area is 194 Å². The van der Waals surface area contributed by atoms with Gasteiger partial charge in [-0.25, -0.2) is 17.9 Å². The molecule has 33 heavy (non-hydrogen) atoms. The zero-order valence-electron chi connectivity index (χ0n) is 19.0. The second-order valence-electron chi connectivity index (χ2n) is 8.83. The minimum Gasteiger partial charge on any atom is -0.508 e. The molecular formula is C25H30N2O5S. The Balaban J connectivity index is 1.46. The molecule has 3 aromatic rings. The van der Waals surface area contributed by atoms with E-state index in [4.69, 9.17) is 4.42 Å². The summed E-state index contributed by atoms with van der Waals surface area (Å²) in [4.78, 5) is 14.6. The molecule has 1 atom stereocenters. The fourth-order valence-electron chi connectivity index (χ4n) is 4.45. The number of phenolic OH excluding ortho intramolecular Hbond substituents is 1. The van der Waals surface area contributed by atoms with Gasteiger partial charge in [-0.2, -0.15) is 0 Å². The first-order valence-electron chi connectivity index (χ1n) is 11.3. The van der Waals surface area contributed by atoms with Gasteiger partial charge in [-0.15, -0.1) is 0 Å². The SMILES string of the molecule is CCc1cc2c(CN3CCCC(CNS(=O)(=O)c4ccc(C)cc4)C3)cc(=O)oc2cc1O. The second kappa shape index (κ2) is 9.67. The normalized spacial score (nSPS) is 17.5. The first-order valence-corrected chi connectivity index (χ1v) is 12.8. The highest BCUT2D eigenvalue weighted by atomic mass is 32.2. The number of nitrogens with zero attached hydrogens (tertiary/aromatic N) is 1. The van der Waals surface area contributed by atoms with Crippen molar-refractivity contribution < 1.29 is 17.9 Å². The molecule has 1 unspecified atom stereocenters. The van der Waals surface area contributed by atoms with E-state index in [2.05, 4.69) is 9.62 Å². The van der Waals surface area contributed by atoms with Crippen molar-refractivity contribution in [2.45, 2.75) is 44.6 Å². The lowest BCUT2D eigenvalue weighted by Crippen LogP contribution is -2.40. The predicted octanol–water partition coefficient (Wildman–Crippen LogP) is 3.56. The summed E-state index contributed by atoms with van der Waals surface area (Å²) in [6, 6.07) is 11.8. The maximum Gasteiger partial charge on any atom is 0.336 e. The van der Waals surface area contributed by atoms with Crippen molar-refractivity contribution in [3.05, 3.63) is 69.6 Å². The molecule has 1 saturated heterocycles. The zero-order valence-corrected chi connectivity index (χ0v) is 19.8. The Hall–Kier alpha value is -2.68. The third kappa shape index (κ3) is 5.46. The number of likely N-dealkylation sites (tertiary alicyclic amines) is 1. The molecule has 176 valence electrons. The largest absolute Gasteiger partial charge is 0.508 e. The molecule has 0 radical (unpaired) electrons. The van der Waals surface area contributed by atoms with Crippen molar-refractivity contribution in [3.63, 3.8) is 0 Å². The maximum atomic E-state index is 12.6. The number of fused-ring (bicyclic) bond motifs is 1. The smallest absolute Gasteiger partial charge is 0.336 e. The van der Waals surface area contributed by atoms with E-state index in [1.54, 1.807) is 24.3 Å². The van der Waals surface area contributed by atoms with Crippen LogP contribution in [0.25, 0.3) is 11.0 Å². The Kier molecular flexibility index (Phi) is 6.88. The standard InChI is InChI=1S/C25H30N2O5S/c1-3-19-11-22-20(12-25(29)32-24(22)13-23(19)28)16-27-10-4-5-18(15-27)14-26-33(30,31)21-8-6-17(2)7-9-21/h6-9,11-13,18,26,28H,3-5,10,14-16H2,1-2H3. The number of aromatic hydroxyl groups is 1. The van der Waals surface area contributed by atoms with Crippen LogP contribution < -0.4 is 10.3 Å². The van der Waals surface area contributed by atoms with Crippen molar-refractivity contribution >= 4 is 21.0 Å². The summed E-state index contributed by atoms with van der Waals surface area (Å²) < 4.78 is 33.3. The molecule has 0 bridgehead atoms. The van der Waals surface area contributed by atoms with Crippen LogP contribution in [0.5, 0.6) is 5.75 Å². The molecule has 1 aromatic heterocycles. The molecule has 8 heteroatoms. The third-order valence-corrected chi connectivity index (χ3v) is 7.74. The summed E-state index contributed by atoms with van der Waals surface area (Å²) in [5.74, 6) is 0.310. The Morgan fingerprint density at radius 1 is 1.15 bits per heavy atom. The van der Waals surface area contributed by atoms with Crippen LogP contribution >= 0.6 is 0 Å². The zero-order chi connectivity index (χ0) is 23.6. The van der Waals surface area contributed by atoms with Crippen LogP contribution in [0.15, 0.2) is 56.6 Å². The van der Waals surface area contributed by atoms with Crippen molar-refractivity contribution in [2.24, 2.45) is 5.92 Å². The number of sulfonamides is 1. The highest BCUT2D eigenvalue weighted by Gasteiger charge is 2.23. The number of piperidine rings is 1. The molecule has 2 heterocycles. The van der Waals surface area contributed by atoms with Gasteiger partial charge in [0.1, 0.15) is 11.3 Å². The van der Waals surface area contributed by atoms with E-state index in [-0.39, 0.29) is 16.6 Å². The van der Waals surface area contributed by atoms with Crippen molar-refractivity contribution in [3.8, 4) is 5.75 Å². The number of benzene rings is 2. The fraction of sp³-hybridized carbons (Fsp3) is 0.400. The molecule has 0 saturated carbocycles. The Bertz CT molecular complexity index is 1300. The van der Waals surface area contributed by atoms with Gasteiger partial charge < -0.3 is 9.52 Å². The van der Waals surface area contributed by atoms with Crippen molar-refractivity contribution in [1.82, 2.24) is 9.62 Å². The number of aryl methyl sites for hydroxylation is 2. The van der Waals surface area contributed by atoms with Crippen LogP contribution in [0, 0.1) is 12.8 Å². The van der Waals surface area contributed by atoms with Gasteiger partial charge in [-0.1, -0.05) is 24.6 Å². The fourth-order valence-corrected chi connectivity index (χ4v) is 5.57. The lowest BCUT2D eigenvalue weighted by atomic mass is 9.97. The van der Waals surface area contributed by atoms with E-state index >= 15 is 0 Å². The first-order chi connectivity index (χ1) is 15.7. The molecule has 0 spiro atoms. The molecule has 2 N–H and O–H groups in total.